The highest BCUT2D eigenvalue weighted by atomic mass is 127. The molecule has 3 nitrogen and oxygen atoms in total. The fourth-order valence-electron chi connectivity index (χ4n) is 0.899. The Hall–Kier alpha value is -0.330. The highest BCUT2D eigenvalue weighted by Crippen LogP contribution is 2.11. The van der Waals surface area contributed by atoms with Crippen LogP contribution in [0, 0.1) is 3.57 Å². The monoisotopic (exact) mass is 293 g/mol. The maximum absolute atomic E-state index is 9.07. The zero-order valence-electron chi connectivity index (χ0n) is 7.07. The Balaban J connectivity index is 2.45. The second-order valence-electron chi connectivity index (χ2n) is 2.73. The van der Waals surface area contributed by atoms with Crippen molar-refractivity contribution in [2.75, 3.05) is 18.5 Å². The Bertz CT molecular complexity index is 268. The number of rotatable bonds is 4. The quantitative estimate of drug-likeness (QED) is 0.728. The van der Waals surface area contributed by atoms with Crippen LogP contribution in [0.2, 0.25) is 0 Å². The summed E-state index contributed by atoms with van der Waals surface area (Å²) in [5.74, 6) is 0. The number of hydrogen-bond donors (Lipinski definition) is 3. The Morgan fingerprint density at radius 2 is 2.23 bits per heavy atom. The van der Waals surface area contributed by atoms with E-state index in [1.54, 1.807) is 0 Å². The number of aliphatic hydroxyl groups excluding tert-OH is 2. The Kier molecular flexibility index (Phi) is 4.47. The van der Waals surface area contributed by atoms with E-state index >= 15 is 0 Å². The topological polar surface area (TPSA) is 52.5 Å². The van der Waals surface area contributed by atoms with Crippen molar-refractivity contribution in [2.24, 2.45) is 0 Å². The standard InChI is InChI=1S/C9H12INO2/c10-7-2-1-3-8(4-7)11-5-9(13)6-12/h1-4,9,11-13H,5-6H2/t9-/m0/s1. The molecule has 0 bridgehead atoms. The Labute approximate surface area is 90.9 Å². The van der Waals surface area contributed by atoms with Crippen molar-refractivity contribution in [1.29, 1.82) is 0 Å². The van der Waals surface area contributed by atoms with Crippen LogP contribution < -0.4 is 5.32 Å². The van der Waals surface area contributed by atoms with Crippen LogP contribution in [-0.2, 0) is 0 Å². The molecule has 0 radical (unpaired) electrons. The summed E-state index contributed by atoms with van der Waals surface area (Å²) in [5, 5.41) is 20.7. The maximum atomic E-state index is 9.07. The fourth-order valence-corrected chi connectivity index (χ4v) is 1.44. The van der Waals surface area contributed by atoms with Gasteiger partial charge in [0.2, 0.25) is 0 Å². The van der Waals surface area contributed by atoms with E-state index in [0.717, 1.165) is 9.26 Å². The van der Waals surface area contributed by atoms with Gasteiger partial charge >= 0.3 is 0 Å². The number of halogens is 1. The van der Waals surface area contributed by atoms with Crippen LogP contribution >= 0.6 is 22.6 Å². The van der Waals surface area contributed by atoms with Gasteiger partial charge in [-0.3, -0.25) is 0 Å². The van der Waals surface area contributed by atoms with E-state index in [4.69, 9.17) is 10.2 Å². The van der Waals surface area contributed by atoms with Crippen LogP contribution in [0.4, 0.5) is 5.69 Å². The number of aliphatic hydroxyl groups is 2. The minimum absolute atomic E-state index is 0.211. The third-order valence-corrected chi connectivity index (χ3v) is 2.25. The molecule has 0 aliphatic heterocycles. The van der Waals surface area contributed by atoms with Crippen LogP contribution in [-0.4, -0.2) is 29.5 Å². The van der Waals surface area contributed by atoms with Crippen molar-refractivity contribution in [3.63, 3.8) is 0 Å². The van der Waals surface area contributed by atoms with Crippen molar-refractivity contribution >= 4 is 28.3 Å². The number of hydrogen-bond acceptors (Lipinski definition) is 3. The molecule has 0 saturated carbocycles. The van der Waals surface area contributed by atoms with Crippen molar-refractivity contribution in [3.8, 4) is 0 Å². The molecule has 4 heteroatoms. The van der Waals surface area contributed by atoms with E-state index in [9.17, 15) is 0 Å². The molecule has 3 N–H and O–H groups in total. The molecule has 13 heavy (non-hydrogen) atoms. The minimum Gasteiger partial charge on any atom is -0.394 e. The highest BCUT2D eigenvalue weighted by molar-refractivity contribution is 14.1. The molecule has 0 unspecified atom stereocenters. The predicted molar refractivity (Wildman–Crippen MR) is 60.7 cm³/mol. The second kappa shape index (κ2) is 5.41. The molecular weight excluding hydrogens is 281 g/mol. The SMILES string of the molecule is OC[C@@H](O)CNc1cccc(I)c1. The molecular formula is C9H12INO2. The molecule has 0 aliphatic carbocycles. The lowest BCUT2D eigenvalue weighted by molar-refractivity contribution is 0.105. The van der Waals surface area contributed by atoms with Gasteiger partial charge < -0.3 is 15.5 Å². The summed E-state index contributed by atoms with van der Waals surface area (Å²) in [6.45, 7) is 0.160. The van der Waals surface area contributed by atoms with Gasteiger partial charge in [-0.1, -0.05) is 6.07 Å². The summed E-state index contributed by atoms with van der Waals surface area (Å²) in [5.41, 5.74) is 0.958. The number of nitrogens with one attached hydrogen (secondary N) is 1. The van der Waals surface area contributed by atoms with Gasteiger partial charge in [-0.15, -0.1) is 0 Å². The van der Waals surface area contributed by atoms with Crippen LogP contribution in [0.5, 0.6) is 0 Å². The van der Waals surface area contributed by atoms with Gasteiger partial charge in [0.05, 0.1) is 12.7 Å². The van der Waals surface area contributed by atoms with Crippen LogP contribution in [0.1, 0.15) is 0 Å². The van der Waals surface area contributed by atoms with E-state index in [1.165, 1.54) is 0 Å². The third kappa shape index (κ3) is 3.93. The lowest BCUT2D eigenvalue weighted by Crippen LogP contribution is -2.22. The zero-order valence-corrected chi connectivity index (χ0v) is 9.23. The van der Waals surface area contributed by atoms with Crippen molar-refractivity contribution < 1.29 is 10.2 Å². The van der Waals surface area contributed by atoms with Crippen molar-refractivity contribution in [3.05, 3.63) is 27.8 Å². The smallest absolute Gasteiger partial charge is 0.0942 e. The van der Waals surface area contributed by atoms with Gasteiger partial charge in [0.25, 0.3) is 0 Å². The molecule has 0 amide bonds. The first-order valence-electron chi connectivity index (χ1n) is 4.00. The van der Waals surface area contributed by atoms with Crippen molar-refractivity contribution in [2.45, 2.75) is 6.10 Å². The number of anilines is 1. The minimum atomic E-state index is -0.696. The van der Waals surface area contributed by atoms with E-state index in [1.807, 2.05) is 24.3 Å². The molecule has 0 aliphatic rings. The first-order chi connectivity index (χ1) is 6.22. The van der Waals surface area contributed by atoms with Crippen LogP contribution in [0.25, 0.3) is 0 Å². The zero-order chi connectivity index (χ0) is 9.68. The summed E-state index contributed by atoms with van der Waals surface area (Å²) in [6.07, 6.45) is -0.696. The summed E-state index contributed by atoms with van der Waals surface area (Å²) in [4.78, 5) is 0. The Morgan fingerprint density at radius 1 is 1.46 bits per heavy atom. The fraction of sp³-hybridized carbons (Fsp3) is 0.333. The van der Waals surface area contributed by atoms with Gasteiger partial charge in [-0.2, -0.15) is 0 Å². The van der Waals surface area contributed by atoms with Gasteiger partial charge in [-0.25, -0.2) is 0 Å². The third-order valence-electron chi connectivity index (χ3n) is 1.58. The lowest BCUT2D eigenvalue weighted by Gasteiger charge is -2.09. The largest absolute Gasteiger partial charge is 0.394 e. The molecule has 1 atom stereocenters. The average molecular weight is 293 g/mol. The van der Waals surface area contributed by atoms with E-state index in [0.29, 0.717) is 6.54 Å². The van der Waals surface area contributed by atoms with Gasteiger partial charge in [0.1, 0.15) is 0 Å². The molecule has 0 saturated heterocycles. The van der Waals surface area contributed by atoms with E-state index < -0.39 is 6.10 Å². The maximum Gasteiger partial charge on any atom is 0.0942 e. The van der Waals surface area contributed by atoms with Crippen molar-refractivity contribution in [1.82, 2.24) is 0 Å². The summed E-state index contributed by atoms with van der Waals surface area (Å²) in [7, 11) is 0. The summed E-state index contributed by atoms with van der Waals surface area (Å²) in [6, 6.07) is 7.83. The Morgan fingerprint density at radius 3 is 2.85 bits per heavy atom. The first-order valence-corrected chi connectivity index (χ1v) is 5.08. The van der Waals surface area contributed by atoms with Crippen LogP contribution in [0.15, 0.2) is 24.3 Å². The molecule has 0 spiro atoms. The average Bonchev–Trinajstić information content (AvgIpc) is 2.14. The predicted octanol–water partition coefficient (Wildman–Crippen LogP) is 1.06. The molecule has 0 fully saturated rings. The second-order valence-corrected chi connectivity index (χ2v) is 3.97. The first kappa shape index (κ1) is 10.7. The lowest BCUT2D eigenvalue weighted by atomic mass is 10.3. The molecule has 72 valence electrons. The molecule has 0 heterocycles. The molecule has 1 rings (SSSR count). The van der Waals surface area contributed by atoms with Gasteiger partial charge in [0, 0.05) is 15.8 Å². The normalized spacial score (nSPS) is 12.5. The number of benzene rings is 1. The van der Waals surface area contributed by atoms with E-state index in [-0.39, 0.29) is 6.61 Å². The summed E-state index contributed by atoms with van der Waals surface area (Å²) < 4.78 is 1.14. The highest BCUT2D eigenvalue weighted by Gasteiger charge is 2.00. The molecule has 0 aromatic heterocycles. The van der Waals surface area contributed by atoms with Gasteiger partial charge in [0.15, 0.2) is 0 Å². The van der Waals surface area contributed by atoms with E-state index in [2.05, 4.69) is 27.9 Å². The van der Waals surface area contributed by atoms with Gasteiger partial charge in [-0.05, 0) is 40.8 Å². The molecule has 1 aromatic carbocycles. The van der Waals surface area contributed by atoms with Crippen LogP contribution in [0.3, 0.4) is 0 Å². The molecule has 1 aromatic rings. The summed E-state index contributed by atoms with van der Waals surface area (Å²) >= 11 is 2.22.